The molecule has 4 aromatic rings. The summed E-state index contributed by atoms with van der Waals surface area (Å²) in [6.07, 6.45) is 2.75. The minimum atomic E-state index is -0.605. The van der Waals surface area contributed by atoms with Gasteiger partial charge in [-0.1, -0.05) is 75.4 Å². The van der Waals surface area contributed by atoms with E-state index in [2.05, 4.69) is 54.7 Å². The fourth-order valence-electron chi connectivity index (χ4n) is 4.87. The summed E-state index contributed by atoms with van der Waals surface area (Å²) in [6.45, 7) is 7.44. The van der Waals surface area contributed by atoms with Crippen LogP contribution in [0, 0.1) is 0 Å². The molecule has 1 heterocycles. The maximum atomic E-state index is 12.9. The number of hydrogen-bond acceptors (Lipinski definition) is 5. The average molecular weight is 527 g/mol. The van der Waals surface area contributed by atoms with Crippen molar-refractivity contribution in [3.05, 3.63) is 95.2 Å². The van der Waals surface area contributed by atoms with Crippen molar-refractivity contribution in [1.29, 1.82) is 0 Å². The van der Waals surface area contributed by atoms with Crippen LogP contribution < -0.4 is 10.6 Å². The van der Waals surface area contributed by atoms with Crippen molar-refractivity contribution >= 4 is 28.7 Å². The summed E-state index contributed by atoms with van der Waals surface area (Å²) in [6, 6.07) is 21.3. The number of nitrogens with zero attached hydrogens (tertiary/aromatic N) is 2. The Morgan fingerprint density at radius 2 is 1.85 bits per heavy atom. The topological polar surface area (TPSA) is 94.5 Å². The van der Waals surface area contributed by atoms with E-state index >= 15 is 0 Å². The van der Waals surface area contributed by atoms with Crippen LogP contribution in [0.1, 0.15) is 55.5 Å². The van der Waals surface area contributed by atoms with Gasteiger partial charge < -0.3 is 20.1 Å². The molecule has 5 rings (SSSR count). The maximum Gasteiger partial charge on any atom is 0.435 e. The normalized spacial score (nSPS) is 14.7. The lowest BCUT2D eigenvalue weighted by atomic mass is 9.85. The van der Waals surface area contributed by atoms with Crippen LogP contribution in [0.25, 0.3) is 10.9 Å². The van der Waals surface area contributed by atoms with Crippen molar-refractivity contribution in [1.82, 2.24) is 15.1 Å². The van der Waals surface area contributed by atoms with Gasteiger partial charge >= 0.3 is 12.1 Å². The smallest absolute Gasteiger partial charge is 0.435 e. The fraction of sp³-hybridized carbons (Fsp3) is 0.323. The fourth-order valence-corrected chi connectivity index (χ4v) is 4.87. The van der Waals surface area contributed by atoms with Crippen LogP contribution in [-0.4, -0.2) is 35.1 Å². The largest absolute Gasteiger partial charge is 0.445 e. The molecule has 2 amide bonds. The van der Waals surface area contributed by atoms with Crippen molar-refractivity contribution in [3.8, 4) is 0 Å². The molecule has 0 saturated heterocycles. The Kier molecular flexibility index (Phi) is 7.65. The minimum Gasteiger partial charge on any atom is -0.445 e. The molecule has 0 aliphatic heterocycles. The highest BCUT2D eigenvalue weighted by Gasteiger charge is 2.26. The van der Waals surface area contributed by atoms with E-state index in [4.69, 9.17) is 9.47 Å². The van der Waals surface area contributed by atoms with E-state index in [1.165, 1.54) is 21.4 Å². The van der Waals surface area contributed by atoms with E-state index in [0.29, 0.717) is 23.2 Å². The molecule has 1 aromatic heterocycles. The number of hydrogen-bond donors (Lipinski definition) is 2. The van der Waals surface area contributed by atoms with Crippen LogP contribution in [0.4, 0.5) is 15.3 Å². The van der Waals surface area contributed by atoms with Crippen molar-refractivity contribution in [3.63, 3.8) is 0 Å². The van der Waals surface area contributed by atoms with E-state index in [9.17, 15) is 9.59 Å². The van der Waals surface area contributed by atoms with Gasteiger partial charge in [0, 0.05) is 5.39 Å². The predicted octanol–water partition coefficient (Wildman–Crippen LogP) is 6.34. The molecule has 1 aliphatic rings. The third-order valence-electron chi connectivity index (χ3n) is 6.99. The molecule has 8 heteroatoms. The molecule has 0 bridgehead atoms. The third kappa shape index (κ3) is 6.12. The van der Waals surface area contributed by atoms with Crippen molar-refractivity contribution in [2.45, 2.75) is 51.7 Å². The summed E-state index contributed by atoms with van der Waals surface area (Å²) in [4.78, 5) is 25.6. The summed E-state index contributed by atoms with van der Waals surface area (Å²) in [5.41, 5.74) is 6.01. The van der Waals surface area contributed by atoms with Crippen LogP contribution in [0.15, 0.2) is 72.9 Å². The lowest BCUT2D eigenvalue weighted by Crippen LogP contribution is -2.31. The van der Waals surface area contributed by atoms with Crippen LogP contribution in [0.5, 0.6) is 0 Å². The van der Waals surface area contributed by atoms with E-state index in [0.717, 1.165) is 18.4 Å². The molecule has 3 aromatic carbocycles. The second-order valence-corrected chi connectivity index (χ2v) is 10.8. The first-order valence-corrected chi connectivity index (χ1v) is 13.3. The van der Waals surface area contributed by atoms with Crippen molar-refractivity contribution < 1.29 is 19.1 Å². The summed E-state index contributed by atoms with van der Waals surface area (Å²) in [7, 11) is 0. The first kappa shape index (κ1) is 26.4. The van der Waals surface area contributed by atoms with Gasteiger partial charge in [-0.3, -0.25) is 0 Å². The zero-order chi connectivity index (χ0) is 27.4. The Morgan fingerprint density at radius 3 is 2.64 bits per heavy atom. The lowest BCUT2D eigenvalue weighted by molar-refractivity contribution is 0.0646. The number of urea groups is 1. The van der Waals surface area contributed by atoms with E-state index in [-0.39, 0.29) is 30.7 Å². The molecule has 1 atom stereocenters. The van der Waals surface area contributed by atoms with Gasteiger partial charge in [-0.15, -0.1) is 0 Å². The number of rotatable bonds is 7. The SMILES string of the molecule is CC(C)(C)c1ccc2c(c1)CC[C@H]2NC(=O)Nc1cccc2c1cnn2C(=O)OCCOCc1ccccc1. The van der Waals surface area contributed by atoms with Gasteiger partial charge in [0.1, 0.15) is 6.61 Å². The molecular formula is C31H34N4O4. The summed E-state index contributed by atoms with van der Waals surface area (Å²) in [5, 5.41) is 10.9. The highest BCUT2D eigenvalue weighted by molar-refractivity contribution is 6.02. The Balaban J connectivity index is 1.17. The van der Waals surface area contributed by atoms with E-state index in [1.54, 1.807) is 24.4 Å². The zero-order valence-corrected chi connectivity index (χ0v) is 22.6. The number of benzene rings is 3. The van der Waals surface area contributed by atoms with Crippen LogP contribution >= 0.6 is 0 Å². The highest BCUT2D eigenvalue weighted by Crippen LogP contribution is 2.34. The average Bonchev–Trinajstić information content (AvgIpc) is 3.53. The summed E-state index contributed by atoms with van der Waals surface area (Å²) < 4.78 is 12.1. The van der Waals surface area contributed by atoms with Gasteiger partial charge in [0.05, 0.1) is 36.7 Å². The van der Waals surface area contributed by atoms with Crippen LogP contribution in [0.2, 0.25) is 0 Å². The number of ether oxygens (including phenoxy) is 2. The number of carbonyl (C=O) groups is 2. The molecule has 1 aliphatic carbocycles. The Hall–Kier alpha value is -4.17. The molecule has 0 fully saturated rings. The first-order chi connectivity index (χ1) is 18.8. The molecule has 0 saturated carbocycles. The zero-order valence-electron chi connectivity index (χ0n) is 22.6. The second-order valence-electron chi connectivity index (χ2n) is 10.8. The quantitative estimate of drug-likeness (QED) is 0.274. The molecule has 2 N–H and O–H groups in total. The van der Waals surface area contributed by atoms with E-state index in [1.807, 2.05) is 30.3 Å². The van der Waals surface area contributed by atoms with E-state index < -0.39 is 6.09 Å². The molecule has 0 spiro atoms. The highest BCUT2D eigenvalue weighted by atomic mass is 16.6. The second kappa shape index (κ2) is 11.3. The molecule has 8 nitrogen and oxygen atoms in total. The summed E-state index contributed by atoms with van der Waals surface area (Å²) in [5.74, 6) is 0. The molecular weight excluding hydrogens is 492 g/mol. The monoisotopic (exact) mass is 526 g/mol. The number of aromatic nitrogens is 2. The number of aryl methyl sites for hydroxylation is 1. The van der Waals surface area contributed by atoms with Crippen molar-refractivity contribution in [2.75, 3.05) is 18.5 Å². The van der Waals surface area contributed by atoms with Crippen molar-refractivity contribution in [2.24, 2.45) is 0 Å². The standard InChI is InChI=1S/C31H34N4O4/c1-31(2,3)23-13-14-24-22(18-23)12-15-27(24)34-29(36)33-26-10-7-11-28-25(26)19-32-35(28)30(37)39-17-16-38-20-21-8-5-4-6-9-21/h4-11,13-14,18-19,27H,12,15-17,20H2,1-3H3,(H2,33,34,36)/t27-/m1/s1. The Bertz CT molecular complexity index is 1470. The Morgan fingerprint density at radius 1 is 1.03 bits per heavy atom. The molecule has 202 valence electrons. The molecule has 0 radical (unpaired) electrons. The number of amides is 2. The van der Waals surface area contributed by atoms with Gasteiger partial charge in [0.25, 0.3) is 0 Å². The number of carbonyl (C=O) groups excluding carboxylic acids is 2. The molecule has 39 heavy (non-hydrogen) atoms. The van der Waals surface area contributed by atoms with Crippen LogP contribution in [0.3, 0.4) is 0 Å². The number of nitrogens with one attached hydrogen (secondary N) is 2. The first-order valence-electron chi connectivity index (χ1n) is 13.3. The van der Waals surface area contributed by atoms with Crippen LogP contribution in [-0.2, 0) is 27.9 Å². The molecule has 0 unspecified atom stereocenters. The lowest BCUT2D eigenvalue weighted by Gasteiger charge is -2.21. The predicted molar refractivity (Wildman–Crippen MR) is 151 cm³/mol. The van der Waals surface area contributed by atoms with Gasteiger partial charge in [-0.05, 0) is 52.6 Å². The third-order valence-corrected chi connectivity index (χ3v) is 6.99. The number of anilines is 1. The van der Waals surface area contributed by atoms with Gasteiger partial charge in [-0.2, -0.15) is 9.78 Å². The van der Waals surface area contributed by atoms with Gasteiger partial charge in [0.15, 0.2) is 0 Å². The number of fused-ring (bicyclic) bond motifs is 2. The van der Waals surface area contributed by atoms with Gasteiger partial charge in [0.2, 0.25) is 0 Å². The summed E-state index contributed by atoms with van der Waals surface area (Å²) >= 11 is 0. The minimum absolute atomic E-state index is 0.0463. The maximum absolute atomic E-state index is 12.9. The van der Waals surface area contributed by atoms with Gasteiger partial charge in [-0.25, -0.2) is 9.59 Å². The Labute approximate surface area is 228 Å².